The highest BCUT2D eigenvalue weighted by Crippen LogP contribution is 2.24. The number of benzene rings is 1. The van der Waals surface area contributed by atoms with Crippen molar-refractivity contribution in [3.05, 3.63) is 41.0 Å². The van der Waals surface area contributed by atoms with Gasteiger partial charge >= 0.3 is 0 Å². The van der Waals surface area contributed by atoms with Crippen LogP contribution in [0.2, 0.25) is 10.0 Å². The molecule has 11 heavy (non-hydrogen) atoms. The molecule has 3 heteroatoms. The van der Waals surface area contributed by atoms with Crippen molar-refractivity contribution < 1.29 is 0 Å². The lowest BCUT2D eigenvalue weighted by Gasteiger charge is -2.02. The monoisotopic (exact) mass is 187 g/mol. The topological polar surface area (TPSA) is 12.0 Å². The highest BCUT2D eigenvalue weighted by atomic mass is 35.5. The number of halogens is 2. The van der Waals surface area contributed by atoms with Crippen molar-refractivity contribution in [2.45, 2.75) is 0 Å². The predicted molar refractivity (Wildman–Crippen MR) is 50.3 cm³/mol. The van der Waals surface area contributed by atoms with Gasteiger partial charge in [-0.2, -0.15) is 0 Å². The van der Waals surface area contributed by atoms with Crippen LogP contribution >= 0.6 is 23.2 Å². The molecule has 0 radical (unpaired) electrons. The van der Waals surface area contributed by atoms with Gasteiger partial charge in [0, 0.05) is 5.02 Å². The van der Waals surface area contributed by atoms with Gasteiger partial charge < -0.3 is 5.32 Å². The Kier molecular flexibility index (Phi) is 2.80. The molecule has 0 bridgehead atoms. The summed E-state index contributed by atoms with van der Waals surface area (Å²) in [6.45, 7) is 3.52. The maximum Gasteiger partial charge on any atom is 0.0655 e. The zero-order valence-electron chi connectivity index (χ0n) is 5.77. The molecule has 1 N–H and O–H groups in total. The van der Waals surface area contributed by atoms with Crippen LogP contribution in [-0.4, -0.2) is 0 Å². The highest BCUT2D eigenvalue weighted by molar-refractivity contribution is 6.36. The molecule has 0 aliphatic rings. The molecule has 0 heterocycles. The molecule has 1 aromatic carbocycles. The Morgan fingerprint density at radius 2 is 2.09 bits per heavy atom. The van der Waals surface area contributed by atoms with E-state index in [1.54, 1.807) is 24.4 Å². The predicted octanol–water partition coefficient (Wildman–Crippen LogP) is 3.55. The van der Waals surface area contributed by atoms with E-state index >= 15 is 0 Å². The van der Waals surface area contributed by atoms with Crippen molar-refractivity contribution in [3.63, 3.8) is 0 Å². The van der Waals surface area contributed by atoms with Crippen LogP contribution < -0.4 is 5.32 Å². The fraction of sp³-hybridized carbons (Fsp3) is 0. The van der Waals surface area contributed by atoms with E-state index in [4.69, 9.17) is 23.2 Å². The van der Waals surface area contributed by atoms with E-state index in [2.05, 4.69) is 11.9 Å². The van der Waals surface area contributed by atoms with Crippen molar-refractivity contribution in [2.24, 2.45) is 0 Å². The van der Waals surface area contributed by atoms with Gasteiger partial charge in [-0.1, -0.05) is 29.8 Å². The summed E-state index contributed by atoms with van der Waals surface area (Å²) in [6, 6.07) is 5.24. The molecule has 0 saturated heterocycles. The average molecular weight is 188 g/mol. The zero-order valence-corrected chi connectivity index (χ0v) is 7.28. The zero-order chi connectivity index (χ0) is 8.27. The fourth-order valence-electron chi connectivity index (χ4n) is 0.716. The number of nitrogens with one attached hydrogen (secondary N) is 1. The second-order valence-electron chi connectivity index (χ2n) is 1.97. The van der Waals surface area contributed by atoms with Gasteiger partial charge in [-0.25, -0.2) is 0 Å². The largest absolute Gasteiger partial charge is 0.361 e. The summed E-state index contributed by atoms with van der Waals surface area (Å²) in [7, 11) is 0. The van der Waals surface area contributed by atoms with E-state index in [-0.39, 0.29) is 0 Å². The molecule has 58 valence electrons. The molecular weight excluding hydrogens is 181 g/mol. The smallest absolute Gasteiger partial charge is 0.0655 e. The SMILES string of the molecule is C=CNc1ccc(Cl)cc1Cl. The first-order chi connectivity index (χ1) is 5.24. The Balaban J connectivity index is 2.98. The summed E-state index contributed by atoms with van der Waals surface area (Å²) in [4.78, 5) is 0. The third-order valence-electron chi connectivity index (χ3n) is 1.19. The molecule has 0 unspecified atom stereocenters. The molecule has 0 amide bonds. The third kappa shape index (κ3) is 2.14. The quantitative estimate of drug-likeness (QED) is 0.748. The minimum absolute atomic E-state index is 0.595. The third-order valence-corrected chi connectivity index (χ3v) is 1.74. The van der Waals surface area contributed by atoms with E-state index in [0.29, 0.717) is 10.0 Å². The number of rotatable bonds is 2. The van der Waals surface area contributed by atoms with Gasteiger partial charge in [0.15, 0.2) is 0 Å². The lowest BCUT2D eigenvalue weighted by atomic mass is 10.3. The highest BCUT2D eigenvalue weighted by Gasteiger charge is 1.97. The average Bonchev–Trinajstić information content (AvgIpc) is 1.95. The molecule has 0 atom stereocenters. The van der Waals surface area contributed by atoms with Crippen molar-refractivity contribution in [1.82, 2.24) is 0 Å². The summed E-state index contributed by atoms with van der Waals surface area (Å²) in [5.74, 6) is 0. The van der Waals surface area contributed by atoms with Crippen LogP contribution in [0.3, 0.4) is 0 Å². The Morgan fingerprint density at radius 1 is 1.36 bits per heavy atom. The normalized spacial score (nSPS) is 9.27. The maximum absolute atomic E-state index is 5.81. The van der Waals surface area contributed by atoms with Gasteiger partial charge in [0.1, 0.15) is 0 Å². The van der Waals surface area contributed by atoms with Crippen LogP contribution in [0.5, 0.6) is 0 Å². The van der Waals surface area contributed by atoms with Gasteiger partial charge in [-0.3, -0.25) is 0 Å². The van der Waals surface area contributed by atoms with E-state index < -0.39 is 0 Å². The van der Waals surface area contributed by atoms with Gasteiger partial charge in [0.25, 0.3) is 0 Å². The summed E-state index contributed by atoms with van der Waals surface area (Å²) in [6.07, 6.45) is 1.56. The Morgan fingerprint density at radius 3 is 2.64 bits per heavy atom. The summed E-state index contributed by atoms with van der Waals surface area (Å²) >= 11 is 11.5. The number of hydrogen-bond acceptors (Lipinski definition) is 1. The molecule has 0 aromatic heterocycles. The lowest BCUT2D eigenvalue weighted by Crippen LogP contribution is -1.86. The molecule has 1 aromatic rings. The molecule has 0 aliphatic carbocycles. The summed E-state index contributed by atoms with van der Waals surface area (Å²) < 4.78 is 0. The summed E-state index contributed by atoms with van der Waals surface area (Å²) in [5, 5.41) is 4.10. The van der Waals surface area contributed by atoms with Gasteiger partial charge in [-0.15, -0.1) is 0 Å². The molecular formula is C8H7Cl2N. The van der Waals surface area contributed by atoms with E-state index in [0.717, 1.165) is 5.69 Å². The Bertz CT molecular complexity index is 271. The van der Waals surface area contributed by atoms with Crippen molar-refractivity contribution in [2.75, 3.05) is 5.32 Å². The number of hydrogen-bond donors (Lipinski definition) is 1. The standard InChI is InChI=1S/C8H7Cl2N/c1-2-11-8-4-3-6(9)5-7(8)10/h2-5,11H,1H2. The van der Waals surface area contributed by atoms with Gasteiger partial charge in [-0.05, 0) is 24.4 Å². The second kappa shape index (κ2) is 3.65. The van der Waals surface area contributed by atoms with Crippen molar-refractivity contribution >= 4 is 28.9 Å². The molecule has 1 rings (SSSR count). The number of anilines is 1. The molecule has 0 saturated carbocycles. The first kappa shape index (κ1) is 8.44. The Hall–Kier alpha value is -0.660. The second-order valence-corrected chi connectivity index (χ2v) is 2.82. The van der Waals surface area contributed by atoms with Crippen LogP contribution in [0.15, 0.2) is 31.0 Å². The minimum Gasteiger partial charge on any atom is -0.361 e. The van der Waals surface area contributed by atoms with Crippen LogP contribution in [0, 0.1) is 0 Å². The van der Waals surface area contributed by atoms with Crippen LogP contribution in [0.4, 0.5) is 5.69 Å². The first-order valence-electron chi connectivity index (χ1n) is 3.06. The van der Waals surface area contributed by atoms with Crippen molar-refractivity contribution in [3.8, 4) is 0 Å². The fourth-order valence-corrected chi connectivity index (χ4v) is 1.18. The van der Waals surface area contributed by atoms with E-state index in [1.807, 2.05) is 0 Å². The van der Waals surface area contributed by atoms with Crippen LogP contribution in [-0.2, 0) is 0 Å². The molecule has 0 spiro atoms. The lowest BCUT2D eigenvalue weighted by molar-refractivity contribution is 1.59. The maximum atomic E-state index is 5.81. The van der Waals surface area contributed by atoms with Crippen LogP contribution in [0.1, 0.15) is 0 Å². The van der Waals surface area contributed by atoms with E-state index in [9.17, 15) is 0 Å². The van der Waals surface area contributed by atoms with Crippen LogP contribution in [0.25, 0.3) is 0 Å². The molecule has 0 aliphatic heterocycles. The Labute approximate surface area is 75.6 Å². The summed E-state index contributed by atoms with van der Waals surface area (Å²) in [5.41, 5.74) is 0.811. The molecule has 0 fully saturated rings. The van der Waals surface area contributed by atoms with Gasteiger partial charge in [0.05, 0.1) is 10.7 Å². The van der Waals surface area contributed by atoms with Gasteiger partial charge in [0.2, 0.25) is 0 Å². The molecule has 1 nitrogen and oxygen atoms in total. The minimum atomic E-state index is 0.595. The first-order valence-corrected chi connectivity index (χ1v) is 3.82. The van der Waals surface area contributed by atoms with Crippen molar-refractivity contribution in [1.29, 1.82) is 0 Å². The van der Waals surface area contributed by atoms with E-state index in [1.165, 1.54) is 0 Å².